The smallest absolute Gasteiger partial charge is 0.264 e. The van der Waals surface area contributed by atoms with Crippen molar-refractivity contribution in [2.24, 2.45) is 5.10 Å². The highest BCUT2D eigenvalue weighted by Gasteiger charge is 2.27. The molecule has 0 bridgehead atoms. The Morgan fingerprint density at radius 3 is 2.30 bits per heavy atom. The van der Waals surface area contributed by atoms with Gasteiger partial charge in [0.25, 0.3) is 15.9 Å². The lowest BCUT2D eigenvalue weighted by Gasteiger charge is -2.24. The van der Waals surface area contributed by atoms with Crippen molar-refractivity contribution in [3.05, 3.63) is 123 Å². The summed E-state index contributed by atoms with van der Waals surface area (Å²) in [4.78, 5) is 12.9. The highest BCUT2D eigenvalue weighted by molar-refractivity contribution is 7.92. The van der Waals surface area contributed by atoms with Gasteiger partial charge in [0.1, 0.15) is 18.9 Å². The van der Waals surface area contributed by atoms with Gasteiger partial charge in [0.15, 0.2) is 0 Å². The number of sulfonamides is 1. The number of ether oxygens (including phenoxy) is 1. The summed E-state index contributed by atoms with van der Waals surface area (Å²) in [6.45, 7) is 3.50. The average Bonchev–Trinajstić information content (AvgIpc) is 2.94. The van der Waals surface area contributed by atoms with Gasteiger partial charge in [-0.25, -0.2) is 13.8 Å². The fourth-order valence-electron chi connectivity index (χ4n) is 3.66. The molecule has 4 aromatic rings. The Kier molecular flexibility index (Phi) is 9.47. The first-order valence-electron chi connectivity index (χ1n) is 12.3. The molecule has 0 radical (unpaired) electrons. The van der Waals surface area contributed by atoms with Gasteiger partial charge in [-0.2, -0.15) is 5.10 Å². The quantitative estimate of drug-likeness (QED) is 0.167. The molecule has 0 unspecified atom stereocenters. The zero-order chi connectivity index (χ0) is 28.7. The van der Waals surface area contributed by atoms with Crippen molar-refractivity contribution in [3.8, 4) is 5.75 Å². The van der Waals surface area contributed by atoms with Crippen LogP contribution in [0.5, 0.6) is 5.75 Å². The maximum absolute atomic E-state index is 13.5. The largest absolute Gasteiger partial charge is 0.489 e. The maximum atomic E-state index is 13.5. The maximum Gasteiger partial charge on any atom is 0.264 e. The van der Waals surface area contributed by atoms with Crippen LogP contribution >= 0.6 is 23.2 Å². The van der Waals surface area contributed by atoms with E-state index in [4.69, 9.17) is 27.9 Å². The minimum atomic E-state index is -4.07. The van der Waals surface area contributed by atoms with Gasteiger partial charge in [-0.15, -0.1) is 0 Å². The van der Waals surface area contributed by atoms with Crippen molar-refractivity contribution in [2.75, 3.05) is 10.8 Å². The zero-order valence-electron chi connectivity index (χ0n) is 21.8. The molecule has 0 saturated heterocycles. The summed E-state index contributed by atoms with van der Waals surface area (Å²) in [6.07, 6.45) is 1.46. The number of nitrogens with one attached hydrogen (secondary N) is 1. The molecular weight excluding hydrogens is 569 g/mol. The molecule has 1 N–H and O–H groups in total. The number of nitrogens with zero attached hydrogens (tertiary/aromatic N) is 2. The topological polar surface area (TPSA) is 88.1 Å². The molecule has 0 spiro atoms. The number of carbonyl (C=O) groups excluding carboxylic acids is 1. The molecule has 4 aromatic carbocycles. The van der Waals surface area contributed by atoms with Gasteiger partial charge in [-0.05, 0) is 79.6 Å². The first kappa shape index (κ1) is 29.1. The van der Waals surface area contributed by atoms with E-state index in [0.29, 0.717) is 28.0 Å². The van der Waals surface area contributed by atoms with Crippen LogP contribution in [0.3, 0.4) is 0 Å². The minimum Gasteiger partial charge on any atom is -0.489 e. The Balaban J connectivity index is 1.43. The molecule has 0 fully saturated rings. The molecule has 10 heteroatoms. The molecule has 40 heavy (non-hydrogen) atoms. The fraction of sp³-hybridized carbons (Fsp3) is 0.133. The number of anilines is 1. The van der Waals surface area contributed by atoms with E-state index in [1.165, 1.54) is 24.4 Å². The van der Waals surface area contributed by atoms with Crippen molar-refractivity contribution >= 4 is 51.0 Å². The summed E-state index contributed by atoms with van der Waals surface area (Å²) in [7, 11) is -4.07. The summed E-state index contributed by atoms with van der Waals surface area (Å²) in [5.74, 6) is 0.0261. The Hall–Kier alpha value is -3.85. The molecular formula is C30H27Cl2N3O4S. The molecule has 0 aliphatic carbocycles. The van der Waals surface area contributed by atoms with E-state index in [0.717, 1.165) is 21.0 Å². The zero-order valence-corrected chi connectivity index (χ0v) is 24.2. The molecule has 7 nitrogen and oxygen atoms in total. The van der Waals surface area contributed by atoms with E-state index < -0.39 is 22.5 Å². The predicted octanol–water partition coefficient (Wildman–Crippen LogP) is 6.53. The van der Waals surface area contributed by atoms with Crippen molar-refractivity contribution in [1.29, 1.82) is 0 Å². The number of amides is 1. The standard InChI is InChI=1S/C30H27Cl2N3O4S/c1-21-7-15-27(16-8-21)40(37,38)35(25-12-9-22(2)29(32)17-25)19-30(36)34-33-18-23-10-13-26(14-11-23)39-20-24-5-3-4-6-28(24)31/h3-18H,19-20H2,1-2H3,(H,34,36)/b33-18-. The van der Waals surface area contributed by atoms with E-state index in [9.17, 15) is 13.2 Å². The Bertz CT molecular complexity index is 1620. The molecule has 0 aliphatic rings. The number of hydrogen-bond donors (Lipinski definition) is 1. The van der Waals surface area contributed by atoms with Crippen molar-refractivity contribution < 1.29 is 17.9 Å². The second-order valence-corrected chi connectivity index (χ2v) is 11.7. The van der Waals surface area contributed by atoms with Gasteiger partial charge in [-0.3, -0.25) is 9.10 Å². The van der Waals surface area contributed by atoms with Gasteiger partial charge in [0, 0.05) is 15.6 Å². The number of rotatable bonds is 10. The van der Waals surface area contributed by atoms with Crippen LogP contribution in [0.1, 0.15) is 22.3 Å². The van der Waals surface area contributed by atoms with Crippen LogP contribution in [-0.4, -0.2) is 27.1 Å². The van der Waals surface area contributed by atoms with Gasteiger partial charge in [-0.1, -0.05) is 65.2 Å². The molecule has 0 saturated carbocycles. The van der Waals surface area contributed by atoms with E-state index in [-0.39, 0.29) is 10.6 Å². The molecule has 4 rings (SSSR count). The second kappa shape index (κ2) is 13.0. The number of halogens is 2. The van der Waals surface area contributed by atoms with E-state index in [1.807, 2.05) is 32.0 Å². The third kappa shape index (κ3) is 7.41. The predicted molar refractivity (Wildman–Crippen MR) is 160 cm³/mol. The van der Waals surface area contributed by atoms with Crippen LogP contribution < -0.4 is 14.5 Å². The van der Waals surface area contributed by atoms with E-state index in [1.54, 1.807) is 54.6 Å². The Morgan fingerprint density at radius 2 is 1.62 bits per heavy atom. The van der Waals surface area contributed by atoms with Crippen LogP contribution in [0.15, 0.2) is 101 Å². The summed E-state index contributed by atoms with van der Waals surface area (Å²) in [6, 6.07) is 25.8. The summed E-state index contributed by atoms with van der Waals surface area (Å²) >= 11 is 12.4. The number of hydrogen-bond acceptors (Lipinski definition) is 5. The van der Waals surface area contributed by atoms with Crippen molar-refractivity contribution in [2.45, 2.75) is 25.3 Å². The molecule has 1 amide bonds. The van der Waals surface area contributed by atoms with Crippen LogP contribution in [0.4, 0.5) is 5.69 Å². The fourth-order valence-corrected chi connectivity index (χ4v) is 5.44. The van der Waals surface area contributed by atoms with Gasteiger partial charge < -0.3 is 4.74 Å². The summed E-state index contributed by atoms with van der Waals surface area (Å²) in [5.41, 5.74) is 5.95. The third-order valence-electron chi connectivity index (χ3n) is 5.97. The van der Waals surface area contributed by atoms with Gasteiger partial charge in [0.2, 0.25) is 0 Å². The molecule has 206 valence electrons. The molecule has 0 aromatic heterocycles. The third-order valence-corrected chi connectivity index (χ3v) is 8.54. The molecule has 0 heterocycles. The minimum absolute atomic E-state index is 0.0583. The summed E-state index contributed by atoms with van der Waals surface area (Å²) < 4.78 is 33.8. The molecule has 0 aliphatic heterocycles. The van der Waals surface area contributed by atoms with Gasteiger partial charge >= 0.3 is 0 Å². The van der Waals surface area contributed by atoms with E-state index >= 15 is 0 Å². The highest BCUT2D eigenvalue weighted by atomic mass is 35.5. The van der Waals surface area contributed by atoms with Crippen molar-refractivity contribution in [1.82, 2.24) is 5.43 Å². The monoisotopic (exact) mass is 595 g/mol. The van der Waals surface area contributed by atoms with Crippen LogP contribution in [0, 0.1) is 13.8 Å². The average molecular weight is 597 g/mol. The Morgan fingerprint density at radius 1 is 0.925 bits per heavy atom. The lowest BCUT2D eigenvalue weighted by atomic mass is 10.2. The first-order valence-corrected chi connectivity index (χ1v) is 14.5. The van der Waals surface area contributed by atoms with Crippen molar-refractivity contribution in [3.63, 3.8) is 0 Å². The lowest BCUT2D eigenvalue weighted by molar-refractivity contribution is -0.119. The SMILES string of the molecule is Cc1ccc(S(=O)(=O)N(CC(=O)N/N=C\c2ccc(OCc3ccccc3Cl)cc2)c2ccc(C)c(Cl)c2)cc1. The van der Waals surface area contributed by atoms with Crippen LogP contribution in [-0.2, 0) is 21.4 Å². The number of carbonyl (C=O) groups is 1. The summed E-state index contributed by atoms with van der Waals surface area (Å²) in [5, 5.41) is 5.02. The number of aryl methyl sites for hydroxylation is 2. The van der Waals surface area contributed by atoms with E-state index in [2.05, 4.69) is 10.5 Å². The molecule has 0 atom stereocenters. The van der Waals surface area contributed by atoms with Crippen LogP contribution in [0.25, 0.3) is 0 Å². The second-order valence-electron chi connectivity index (χ2n) is 9.00. The number of benzene rings is 4. The Labute approximate surface area is 244 Å². The number of hydrazone groups is 1. The lowest BCUT2D eigenvalue weighted by Crippen LogP contribution is -2.39. The van der Waals surface area contributed by atoms with Crippen LogP contribution in [0.2, 0.25) is 10.0 Å². The van der Waals surface area contributed by atoms with Gasteiger partial charge in [0.05, 0.1) is 16.8 Å². The highest BCUT2D eigenvalue weighted by Crippen LogP contribution is 2.28. The first-order chi connectivity index (χ1) is 19.1. The normalized spacial score (nSPS) is 11.4.